The van der Waals surface area contributed by atoms with Crippen LogP contribution in [0.4, 0.5) is 13.2 Å². The second-order valence-electron chi connectivity index (χ2n) is 3.56. The zero-order valence-corrected chi connectivity index (χ0v) is 9.40. The quantitative estimate of drug-likeness (QED) is 0.757. The fourth-order valence-corrected chi connectivity index (χ4v) is 1.79. The maximum atomic E-state index is 12.6. The molecule has 0 saturated heterocycles. The minimum atomic E-state index is -4.42. The third-order valence-electron chi connectivity index (χ3n) is 2.33. The van der Waals surface area contributed by atoms with Gasteiger partial charge in [-0.2, -0.15) is 13.2 Å². The number of benzene rings is 1. The smallest absolute Gasteiger partial charge is 0.352 e. The van der Waals surface area contributed by atoms with Crippen molar-refractivity contribution in [3.8, 4) is 0 Å². The second-order valence-corrected chi connectivity index (χ2v) is 3.97. The number of allylic oxidation sites excluding steroid dienone is 1. The van der Waals surface area contributed by atoms with Crippen molar-refractivity contribution in [1.82, 2.24) is 10.6 Å². The van der Waals surface area contributed by atoms with E-state index in [2.05, 4.69) is 10.6 Å². The second kappa shape index (κ2) is 4.37. The molecule has 0 unspecified atom stereocenters. The minimum absolute atomic E-state index is 0.0197. The summed E-state index contributed by atoms with van der Waals surface area (Å²) in [6, 6.07) is 8.28. The molecule has 0 fully saturated rings. The highest BCUT2D eigenvalue weighted by molar-refractivity contribution is 7.80. The van der Waals surface area contributed by atoms with Crippen molar-refractivity contribution in [2.24, 2.45) is 0 Å². The van der Waals surface area contributed by atoms with Crippen molar-refractivity contribution in [2.75, 3.05) is 0 Å². The van der Waals surface area contributed by atoms with E-state index >= 15 is 0 Å². The van der Waals surface area contributed by atoms with Crippen LogP contribution in [0.5, 0.6) is 0 Å². The summed E-state index contributed by atoms with van der Waals surface area (Å²) in [6.07, 6.45) is -3.33. The number of alkyl halides is 3. The maximum absolute atomic E-state index is 12.6. The number of hydrogen-bond acceptors (Lipinski definition) is 1. The lowest BCUT2D eigenvalue weighted by molar-refractivity contribution is -0.0956. The average molecular weight is 258 g/mol. The monoisotopic (exact) mass is 258 g/mol. The van der Waals surface area contributed by atoms with Crippen molar-refractivity contribution < 1.29 is 13.2 Å². The Morgan fingerprint density at radius 2 is 1.76 bits per heavy atom. The van der Waals surface area contributed by atoms with Crippen molar-refractivity contribution >= 4 is 17.3 Å². The zero-order valence-electron chi connectivity index (χ0n) is 8.58. The van der Waals surface area contributed by atoms with Crippen LogP contribution in [0.2, 0.25) is 0 Å². The van der Waals surface area contributed by atoms with Crippen molar-refractivity contribution in [1.29, 1.82) is 0 Å². The number of rotatable bonds is 1. The summed E-state index contributed by atoms with van der Waals surface area (Å²) in [5.41, 5.74) is -0.0896. The van der Waals surface area contributed by atoms with Gasteiger partial charge in [0.2, 0.25) is 0 Å². The van der Waals surface area contributed by atoms with Gasteiger partial charge < -0.3 is 10.6 Å². The van der Waals surface area contributed by atoms with Gasteiger partial charge in [-0.1, -0.05) is 30.3 Å². The van der Waals surface area contributed by atoms with Crippen LogP contribution in [0, 0.1) is 0 Å². The van der Waals surface area contributed by atoms with Crippen molar-refractivity contribution in [2.45, 2.75) is 12.2 Å². The van der Waals surface area contributed by atoms with E-state index in [9.17, 15) is 13.2 Å². The van der Waals surface area contributed by atoms with Crippen LogP contribution in [0.1, 0.15) is 11.6 Å². The number of nitrogens with one attached hydrogen (secondary N) is 2. The Hall–Kier alpha value is -1.56. The molecule has 0 aromatic heterocycles. The van der Waals surface area contributed by atoms with Gasteiger partial charge in [0, 0.05) is 0 Å². The van der Waals surface area contributed by atoms with Gasteiger partial charge in [-0.05, 0) is 23.9 Å². The Labute approximate surface area is 102 Å². The molecular formula is C11H9F3N2S. The normalized spacial score (nSPS) is 20.3. The standard InChI is InChI=1S/C11H9F3N2S/c12-11(13,14)9-6-8(15-10(17)16-9)7-4-2-1-3-5-7/h1-6,8H,(H2,15,16,17)/t8-/m1/s1. The van der Waals surface area contributed by atoms with Gasteiger partial charge in [0.1, 0.15) is 5.70 Å². The molecule has 2 nitrogen and oxygen atoms in total. The highest BCUT2D eigenvalue weighted by atomic mass is 32.1. The molecule has 90 valence electrons. The highest BCUT2D eigenvalue weighted by Gasteiger charge is 2.37. The Morgan fingerprint density at radius 1 is 1.12 bits per heavy atom. The van der Waals surface area contributed by atoms with Crippen molar-refractivity contribution in [3.63, 3.8) is 0 Å². The van der Waals surface area contributed by atoms with Crippen LogP contribution >= 0.6 is 12.2 Å². The molecule has 1 aromatic rings. The third-order valence-corrected chi connectivity index (χ3v) is 2.55. The summed E-state index contributed by atoms with van der Waals surface area (Å²) in [7, 11) is 0. The molecule has 17 heavy (non-hydrogen) atoms. The van der Waals surface area contributed by atoms with Gasteiger partial charge >= 0.3 is 6.18 Å². The first kappa shape index (κ1) is 11.9. The molecule has 1 aliphatic heterocycles. The van der Waals surface area contributed by atoms with E-state index in [-0.39, 0.29) is 5.11 Å². The van der Waals surface area contributed by atoms with Crippen LogP contribution in [-0.4, -0.2) is 11.3 Å². The van der Waals surface area contributed by atoms with Crippen molar-refractivity contribution in [3.05, 3.63) is 47.7 Å². The highest BCUT2D eigenvalue weighted by Crippen LogP contribution is 2.28. The molecule has 1 heterocycles. The van der Waals surface area contributed by atoms with Crippen LogP contribution in [0.15, 0.2) is 42.1 Å². The maximum Gasteiger partial charge on any atom is 0.431 e. The van der Waals surface area contributed by atoms with Gasteiger partial charge in [0.05, 0.1) is 6.04 Å². The average Bonchev–Trinajstić information content (AvgIpc) is 2.28. The largest absolute Gasteiger partial charge is 0.431 e. The molecule has 0 spiro atoms. The van der Waals surface area contributed by atoms with E-state index in [0.29, 0.717) is 0 Å². The summed E-state index contributed by atoms with van der Waals surface area (Å²) in [6.45, 7) is 0. The van der Waals surface area contributed by atoms with Crippen LogP contribution in [0.25, 0.3) is 0 Å². The summed E-state index contributed by atoms with van der Waals surface area (Å²) in [5.74, 6) is 0. The molecule has 0 amide bonds. The first-order valence-electron chi connectivity index (χ1n) is 4.88. The molecule has 0 bridgehead atoms. The first-order chi connectivity index (χ1) is 7.97. The SMILES string of the molecule is FC(F)(F)C1=C[C@H](c2ccccc2)NC(=S)N1. The Balaban J connectivity index is 2.33. The summed E-state index contributed by atoms with van der Waals surface area (Å²) < 4.78 is 37.8. The lowest BCUT2D eigenvalue weighted by Gasteiger charge is -2.26. The number of thiocarbonyl (C=S) groups is 1. The van der Waals surface area contributed by atoms with Gasteiger partial charge in [0.25, 0.3) is 0 Å². The Morgan fingerprint density at radius 3 is 2.35 bits per heavy atom. The first-order valence-corrected chi connectivity index (χ1v) is 5.29. The van der Waals surface area contributed by atoms with Crippen LogP contribution < -0.4 is 10.6 Å². The molecule has 1 aliphatic rings. The van der Waals surface area contributed by atoms with E-state index in [1.807, 2.05) is 0 Å². The predicted octanol–water partition coefficient (Wildman–Crippen LogP) is 2.65. The molecule has 1 atom stereocenters. The fourth-order valence-electron chi connectivity index (χ4n) is 1.55. The molecule has 6 heteroatoms. The zero-order chi connectivity index (χ0) is 12.5. The molecule has 0 aliphatic carbocycles. The lowest BCUT2D eigenvalue weighted by Crippen LogP contribution is -2.44. The van der Waals surface area contributed by atoms with Gasteiger partial charge in [-0.25, -0.2) is 0 Å². The molecule has 0 radical (unpaired) electrons. The van der Waals surface area contributed by atoms with Crippen LogP contribution in [0.3, 0.4) is 0 Å². The fraction of sp³-hybridized carbons (Fsp3) is 0.182. The molecule has 2 N–H and O–H groups in total. The minimum Gasteiger partial charge on any atom is -0.352 e. The van der Waals surface area contributed by atoms with E-state index in [4.69, 9.17) is 12.2 Å². The molecule has 0 saturated carbocycles. The Bertz CT molecular complexity index is 454. The van der Waals surface area contributed by atoms with E-state index in [1.54, 1.807) is 30.3 Å². The molecular weight excluding hydrogens is 249 g/mol. The summed E-state index contributed by atoms with van der Waals surface area (Å²) >= 11 is 4.77. The molecule has 1 aromatic carbocycles. The van der Waals surface area contributed by atoms with Gasteiger partial charge in [-0.3, -0.25) is 0 Å². The summed E-state index contributed by atoms with van der Waals surface area (Å²) in [4.78, 5) is 0. The van der Waals surface area contributed by atoms with E-state index in [0.717, 1.165) is 11.6 Å². The molecule has 2 rings (SSSR count). The predicted molar refractivity (Wildman–Crippen MR) is 62.2 cm³/mol. The number of halogens is 3. The third kappa shape index (κ3) is 2.76. The lowest BCUT2D eigenvalue weighted by atomic mass is 10.0. The van der Waals surface area contributed by atoms with Gasteiger partial charge in [-0.15, -0.1) is 0 Å². The van der Waals surface area contributed by atoms with Crippen LogP contribution in [-0.2, 0) is 0 Å². The topological polar surface area (TPSA) is 24.1 Å². The van der Waals surface area contributed by atoms with Gasteiger partial charge in [0.15, 0.2) is 5.11 Å². The number of hydrogen-bond donors (Lipinski definition) is 2. The van der Waals surface area contributed by atoms with E-state index in [1.165, 1.54) is 0 Å². The Kier molecular flexibility index (Phi) is 3.06. The summed E-state index contributed by atoms with van der Waals surface area (Å²) in [5, 5.41) is 4.87. The van der Waals surface area contributed by atoms with E-state index < -0.39 is 17.9 Å².